The zero-order chi connectivity index (χ0) is 19.1. The number of ether oxygens (including phenoxy) is 2. The SMILES string of the molecule is CCOC(=O)N1CCN(C(=O)c2ccccc2COc2ccccc2)CC1. The van der Waals surface area contributed by atoms with Crippen LogP contribution in [0.5, 0.6) is 5.75 Å². The van der Waals surface area contributed by atoms with E-state index in [1.807, 2.05) is 54.6 Å². The Kier molecular flexibility index (Phi) is 6.30. The van der Waals surface area contributed by atoms with Gasteiger partial charge in [-0.3, -0.25) is 4.79 Å². The molecule has 1 aliphatic heterocycles. The molecule has 1 fully saturated rings. The zero-order valence-corrected chi connectivity index (χ0v) is 15.5. The topological polar surface area (TPSA) is 59.1 Å². The van der Waals surface area contributed by atoms with Gasteiger partial charge < -0.3 is 19.3 Å². The number of nitrogens with zero attached hydrogens (tertiary/aromatic N) is 2. The fourth-order valence-electron chi connectivity index (χ4n) is 3.01. The fraction of sp³-hybridized carbons (Fsp3) is 0.333. The summed E-state index contributed by atoms with van der Waals surface area (Å²) in [5.41, 5.74) is 1.48. The van der Waals surface area contributed by atoms with Gasteiger partial charge in [-0.05, 0) is 25.1 Å². The Morgan fingerprint density at radius 1 is 0.889 bits per heavy atom. The quantitative estimate of drug-likeness (QED) is 0.813. The molecule has 6 heteroatoms. The number of carbonyl (C=O) groups is 2. The maximum atomic E-state index is 13.0. The molecule has 2 aromatic rings. The summed E-state index contributed by atoms with van der Waals surface area (Å²) >= 11 is 0. The third kappa shape index (κ3) is 4.78. The van der Waals surface area contributed by atoms with E-state index in [9.17, 15) is 9.59 Å². The Morgan fingerprint density at radius 2 is 1.52 bits per heavy atom. The second-order valence-corrected chi connectivity index (χ2v) is 6.24. The van der Waals surface area contributed by atoms with E-state index in [-0.39, 0.29) is 12.0 Å². The smallest absolute Gasteiger partial charge is 0.409 e. The molecule has 1 aliphatic rings. The molecule has 27 heavy (non-hydrogen) atoms. The molecule has 0 aromatic heterocycles. The molecule has 2 aromatic carbocycles. The minimum Gasteiger partial charge on any atom is -0.489 e. The molecule has 6 nitrogen and oxygen atoms in total. The molecule has 3 rings (SSSR count). The molecular formula is C21H24N2O4. The van der Waals surface area contributed by atoms with Gasteiger partial charge in [0.05, 0.1) is 6.61 Å². The van der Waals surface area contributed by atoms with E-state index in [2.05, 4.69) is 0 Å². The van der Waals surface area contributed by atoms with Gasteiger partial charge in [0, 0.05) is 37.3 Å². The average molecular weight is 368 g/mol. The van der Waals surface area contributed by atoms with Crippen molar-refractivity contribution in [2.75, 3.05) is 32.8 Å². The monoisotopic (exact) mass is 368 g/mol. The molecule has 0 bridgehead atoms. The Bertz CT molecular complexity index is 771. The second-order valence-electron chi connectivity index (χ2n) is 6.24. The van der Waals surface area contributed by atoms with Crippen LogP contribution in [-0.2, 0) is 11.3 Å². The summed E-state index contributed by atoms with van der Waals surface area (Å²) in [6.45, 7) is 4.41. The molecule has 0 N–H and O–H groups in total. The first kappa shape index (κ1) is 18.8. The molecule has 142 valence electrons. The number of carbonyl (C=O) groups excluding carboxylic acids is 2. The van der Waals surface area contributed by atoms with Crippen LogP contribution in [0.15, 0.2) is 54.6 Å². The normalized spacial score (nSPS) is 14.0. The lowest BCUT2D eigenvalue weighted by Gasteiger charge is -2.34. The minimum atomic E-state index is -0.318. The predicted molar refractivity (Wildman–Crippen MR) is 102 cm³/mol. The first-order valence-electron chi connectivity index (χ1n) is 9.15. The van der Waals surface area contributed by atoms with E-state index in [0.29, 0.717) is 45.0 Å². The number of hydrogen-bond acceptors (Lipinski definition) is 4. The lowest BCUT2D eigenvalue weighted by Crippen LogP contribution is -2.50. The molecule has 1 heterocycles. The van der Waals surface area contributed by atoms with Crippen molar-refractivity contribution >= 4 is 12.0 Å². The summed E-state index contributed by atoms with van der Waals surface area (Å²) in [5, 5.41) is 0. The van der Waals surface area contributed by atoms with Crippen LogP contribution >= 0.6 is 0 Å². The number of amides is 2. The van der Waals surface area contributed by atoms with Crippen LogP contribution in [0.2, 0.25) is 0 Å². The van der Waals surface area contributed by atoms with Crippen LogP contribution in [0.4, 0.5) is 4.79 Å². The Labute approximate surface area is 159 Å². The zero-order valence-electron chi connectivity index (χ0n) is 15.5. The van der Waals surface area contributed by atoms with E-state index in [4.69, 9.17) is 9.47 Å². The number of hydrogen-bond donors (Lipinski definition) is 0. The number of rotatable bonds is 5. The largest absolute Gasteiger partial charge is 0.489 e. The second kappa shape index (κ2) is 9.07. The van der Waals surface area contributed by atoms with Crippen LogP contribution in [0.25, 0.3) is 0 Å². The van der Waals surface area contributed by atoms with E-state index in [1.54, 1.807) is 16.7 Å². The summed E-state index contributed by atoms with van der Waals surface area (Å²) in [4.78, 5) is 28.2. The van der Waals surface area contributed by atoms with Crippen LogP contribution in [0.1, 0.15) is 22.8 Å². The molecule has 0 unspecified atom stereocenters. The molecule has 0 atom stereocenters. The Balaban J connectivity index is 1.63. The van der Waals surface area contributed by atoms with Gasteiger partial charge in [-0.2, -0.15) is 0 Å². The van der Waals surface area contributed by atoms with Crippen molar-refractivity contribution in [2.45, 2.75) is 13.5 Å². The van der Waals surface area contributed by atoms with E-state index in [1.165, 1.54) is 0 Å². The molecule has 0 aliphatic carbocycles. The molecule has 1 saturated heterocycles. The van der Waals surface area contributed by atoms with Gasteiger partial charge in [0.1, 0.15) is 12.4 Å². The fourth-order valence-corrected chi connectivity index (χ4v) is 3.01. The Morgan fingerprint density at radius 3 is 2.22 bits per heavy atom. The number of benzene rings is 2. The summed E-state index contributed by atoms with van der Waals surface area (Å²) in [5.74, 6) is 0.730. The van der Waals surface area contributed by atoms with Crippen molar-refractivity contribution in [3.8, 4) is 5.75 Å². The highest BCUT2D eigenvalue weighted by molar-refractivity contribution is 5.95. The highest BCUT2D eigenvalue weighted by Gasteiger charge is 2.26. The first-order chi connectivity index (χ1) is 13.2. The van der Waals surface area contributed by atoms with Gasteiger partial charge in [0.2, 0.25) is 0 Å². The summed E-state index contributed by atoms with van der Waals surface area (Å²) in [6.07, 6.45) is -0.318. The van der Waals surface area contributed by atoms with Gasteiger partial charge in [0.25, 0.3) is 5.91 Å². The van der Waals surface area contributed by atoms with Crippen molar-refractivity contribution < 1.29 is 19.1 Å². The van der Waals surface area contributed by atoms with Gasteiger partial charge >= 0.3 is 6.09 Å². The lowest BCUT2D eigenvalue weighted by molar-refractivity contribution is 0.0568. The third-order valence-electron chi connectivity index (χ3n) is 4.48. The van der Waals surface area contributed by atoms with Gasteiger partial charge in [-0.1, -0.05) is 36.4 Å². The molecule has 0 saturated carbocycles. The van der Waals surface area contributed by atoms with Crippen molar-refractivity contribution in [3.63, 3.8) is 0 Å². The van der Waals surface area contributed by atoms with Gasteiger partial charge in [0.15, 0.2) is 0 Å². The predicted octanol–water partition coefficient (Wildman–Crippen LogP) is 3.18. The maximum Gasteiger partial charge on any atom is 0.409 e. The summed E-state index contributed by atoms with van der Waals surface area (Å²) in [7, 11) is 0. The molecule has 0 radical (unpaired) electrons. The third-order valence-corrected chi connectivity index (χ3v) is 4.48. The van der Waals surface area contributed by atoms with Crippen molar-refractivity contribution in [2.24, 2.45) is 0 Å². The first-order valence-corrected chi connectivity index (χ1v) is 9.15. The molecule has 2 amide bonds. The van der Waals surface area contributed by atoms with Crippen molar-refractivity contribution in [3.05, 3.63) is 65.7 Å². The number of piperazine rings is 1. The van der Waals surface area contributed by atoms with Gasteiger partial charge in [-0.25, -0.2) is 4.79 Å². The van der Waals surface area contributed by atoms with E-state index in [0.717, 1.165) is 11.3 Å². The van der Waals surface area contributed by atoms with Gasteiger partial charge in [-0.15, -0.1) is 0 Å². The molecular weight excluding hydrogens is 344 g/mol. The maximum absolute atomic E-state index is 13.0. The van der Waals surface area contributed by atoms with E-state index < -0.39 is 0 Å². The highest BCUT2D eigenvalue weighted by Crippen LogP contribution is 2.17. The summed E-state index contributed by atoms with van der Waals surface area (Å²) < 4.78 is 10.8. The van der Waals surface area contributed by atoms with Crippen LogP contribution in [0, 0.1) is 0 Å². The van der Waals surface area contributed by atoms with Crippen molar-refractivity contribution in [1.82, 2.24) is 9.80 Å². The summed E-state index contributed by atoms with van der Waals surface area (Å²) in [6, 6.07) is 17.0. The van der Waals surface area contributed by atoms with Crippen molar-refractivity contribution in [1.29, 1.82) is 0 Å². The minimum absolute atomic E-state index is 0.0363. The standard InChI is InChI=1S/C21H24N2O4/c1-2-26-21(25)23-14-12-22(13-15-23)20(24)19-11-7-6-8-17(19)16-27-18-9-4-3-5-10-18/h3-11H,2,12-16H2,1H3. The highest BCUT2D eigenvalue weighted by atomic mass is 16.6. The van der Waals surface area contributed by atoms with Crippen LogP contribution < -0.4 is 4.74 Å². The van der Waals surface area contributed by atoms with E-state index >= 15 is 0 Å². The lowest BCUT2D eigenvalue weighted by atomic mass is 10.1. The van der Waals surface area contributed by atoms with Crippen LogP contribution in [0.3, 0.4) is 0 Å². The van der Waals surface area contributed by atoms with Crippen LogP contribution in [-0.4, -0.2) is 54.6 Å². The average Bonchev–Trinajstić information content (AvgIpc) is 2.73. The Hall–Kier alpha value is -3.02. The number of para-hydroxylation sites is 1. The molecule has 0 spiro atoms.